The minimum absolute atomic E-state index is 0.367. The van der Waals surface area contributed by atoms with E-state index in [1.807, 2.05) is 0 Å². The van der Waals surface area contributed by atoms with Crippen molar-refractivity contribution < 1.29 is 9.30 Å². The van der Waals surface area contributed by atoms with Gasteiger partial charge in [-0.05, 0) is 0 Å². The van der Waals surface area contributed by atoms with E-state index in [1.165, 1.54) is 0 Å². The molecule has 1 heterocycles. The van der Waals surface area contributed by atoms with Crippen LogP contribution < -0.4 is 10.3 Å². The highest BCUT2D eigenvalue weighted by Gasteiger charge is 2.32. The average Bonchev–Trinajstić information content (AvgIpc) is 2.55. The molecule has 4 N–H and O–H groups in total. The molecule has 1 aliphatic rings. The second kappa shape index (κ2) is 4.13. The molecule has 5 nitrogen and oxygen atoms in total. The molecule has 1 rings (SSSR count). The Morgan fingerprint density at radius 2 is 2.09 bits per heavy atom. The molecule has 0 saturated carbocycles. The Hall–Kier alpha value is 0.770. The molecule has 0 radical (unpaired) electrons. The molecule has 0 aliphatic carbocycles. The van der Waals surface area contributed by atoms with Gasteiger partial charge in [0.2, 0.25) is 0 Å². The van der Waals surface area contributed by atoms with Crippen molar-refractivity contribution in [2.24, 2.45) is 10.3 Å². The van der Waals surface area contributed by atoms with E-state index in [-0.39, 0.29) is 0 Å². The fourth-order valence-electron chi connectivity index (χ4n) is 0.756. The van der Waals surface area contributed by atoms with Crippen molar-refractivity contribution in [3.8, 4) is 0 Å². The summed E-state index contributed by atoms with van der Waals surface area (Å²) >= 11 is 1.62. The molecule has 66 valence electrons. The Balaban J connectivity index is 2.60. The lowest BCUT2D eigenvalue weighted by Gasteiger charge is -2.20. The summed E-state index contributed by atoms with van der Waals surface area (Å²) in [5.74, 6) is 0. The van der Waals surface area contributed by atoms with E-state index < -0.39 is 5.70 Å². The van der Waals surface area contributed by atoms with Gasteiger partial charge in [0, 0.05) is 29.7 Å². The zero-order valence-corrected chi connectivity index (χ0v) is 8.33. The van der Waals surface area contributed by atoms with Crippen LogP contribution in [0.2, 0.25) is 0 Å². The Morgan fingerprint density at radius 1 is 1.45 bits per heavy atom. The van der Waals surface area contributed by atoms with Gasteiger partial charge >= 0.3 is 0 Å². The molecular weight excluding hydrogens is 205 g/mol. The van der Waals surface area contributed by atoms with Gasteiger partial charge in [0.05, 0.1) is 6.61 Å². The molecule has 11 heavy (non-hydrogen) atoms. The van der Waals surface area contributed by atoms with Gasteiger partial charge in [-0.1, -0.05) is 0 Å². The highest BCUT2D eigenvalue weighted by molar-refractivity contribution is 8.88. The van der Waals surface area contributed by atoms with Gasteiger partial charge in [0.25, 0.3) is 5.70 Å². The van der Waals surface area contributed by atoms with E-state index in [1.54, 1.807) is 4.67 Å². The number of hydrogen-bond acceptors (Lipinski definition) is 6. The SMILES string of the molecule is NSP(=O)(SN)N1CCOC1. The number of nitrogens with zero attached hydrogens (tertiary/aromatic N) is 1. The molecule has 1 fully saturated rings. The summed E-state index contributed by atoms with van der Waals surface area (Å²) in [4.78, 5) is 0. The third kappa shape index (κ3) is 2.12. The van der Waals surface area contributed by atoms with Gasteiger partial charge in [-0.3, -0.25) is 14.8 Å². The molecule has 0 aromatic rings. The molecule has 0 bridgehead atoms. The second-order valence-corrected chi connectivity index (χ2v) is 8.80. The summed E-state index contributed by atoms with van der Waals surface area (Å²) in [5.41, 5.74) is -2.63. The Kier molecular flexibility index (Phi) is 3.70. The normalized spacial score (nSPS) is 20.9. The maximum Gasteiger partial charge on any atom is 0.287 e. The fourth-order valence-corrected chi connectivity index (χ4v) is 3.79. The summed E-state index contributed by atoms with van der Waals surface area (Å²) in [7, 11) is 0. The second-order valence-electron chi connectivity index (χ2n) is 1.95. The van der Waals surface area contributed by atoms with E-state index in [0.717, 1.165) is 23.1 Å². The van der Waals surface area contributed by atoms with E-state index in [4.69, 9.17) is 15.0 Å². The maximum absolute atomic E-state index is 11.7. The van der Waals surface area contributed by atoms with E-state index in [2.05, 4.69) is 0 Å². The van der Waals surface area contributed by atoms with Crippen LogP contribution in [0.25, 0.3) is 0 Å². The number of nitrogens with two attached hydrogens (primary N) is 2. The highest BCUT2D eigenvalue weighted by atomic mass is 33.1. The molecule has 8 heteroatoms. The molecule has 0 aromatic heterocycles. The van der Waals surface area contributed by atoms with Crippen LogP contribution in [0.3, 0.4) is 0 Å². The van der Waals surface area contributed by atoms with Gasteiger partial charge in [-0.15, -0.1) is 0 Å². The molecule has 1 saturated heterocycles. The van der Waals surface area contributed by atoms with Crippen LogP contribution in [0.1, 0.15) is 0 Å². The summed E-state index contributed by atoms with van der Waals surface area (Å²) in [6.45, 7) is 1.61. The summed E-state index contributed by atoms with van der Waals surface area (Å²) in [6, 6.07) is 0. The third-order valence-electron chi connectivity index (χ3n) is 1.35. The van der Waals surface area contributed by atoms with Crippen LogP contribution in [-0.4, -0.2) is 24.6 Å². The molecule has 0 unspecified atom stereocenters. The molecule has 0 atom stereocenters. The predicted molar refractivity (Wildman–Crippen MR) is 48.7 cm³/mol. The minimum atomic E-state index is -2.63. The van der Waals surface area contributed by atoms with Gasteiger partial charge < -0.3 is 4.74 Å². The standard InChI is InChI=1S/C3H10N3O2PS2/c4-10-9(7,11-5)6-1-2-8-3-6/h1-5H2. The fraction of sp³-hybridized carbons (Fsp3) is 1.00. The van der Waals surface area contributed by atoms with Crippen molar-refractivity contribution in [3.05, 3.63) is 0 Å². The summed E-state index contributed by atoms with van der Waals surface area (Å²) < 4.78 is 18.4. The number of ether oxygens (including phenoxy) is 1. The van der Waals surface area contributed by atoms with Crippen molar-refractivity contribution in [2.45, 2.75) is 0 Å². The zero-order chi connectivity index (χ0) is 8.32. The van der Waals surface area contributed by atoms with Crippen molar-refractivity contribution in [3.63, 3.8) is 0 Å². The summed E-state index contributed by atoms with van der Waals surface area (Å²) in [6.07, 6.45) is 0. The minimum Gasteiger partial charge on any atom is -0.364 e. The molecule has 0 aromatic carbocycles. The van der Waals surface area contributed by atoms with Gasteiger partial charge in [-0.25, -0.2) is 4.67 Å². The van der Waals surface area contributed by atoms with Crippen LogP contribution >= 0.6 is 28.8 Å². The first-order valence-electron chi connectivity index (χ1n) is 2.93. The largest absolute Gasteiger partial charge is 0.364 e. The first-order chi connectivity index (χ1) is 5.23. The van der Waals surface area contributed by atoms with Crippen LogP contribution in [0.15, 0.2) is 0 Å². The first kappa shape index (κ1) is 9.85. The monoisotopic (exact) mass is 215 g/mol. The Morgan fingerprint density at radius 3 is 2.45 bits per heavy atom. The molecular formula is C3H10N3O2PS2. The van der Waals surface area contributed by atoms with Gasteiger partial charge in [-0.2, -0.15) is 0 Å². The van der Waals surface area contributed by atoms with Crippen molar-refractivity contribution >= 4 is 28.8 Å². The van der Waals surface area contributed by atoms with E-state index in [9.17, 15) is 4.57 Å². The van der Waals surface area contributed by atoms with Crippen molar-refractivity contribution in [1.29, 1.82) is 0 Å². The number of rotatable bonds is 3. The molecule has 0 spiro atoms. The molecule has 0 amide bonds. The number of hydrogen-bond donors (Lipinski definition) is 2. The molecule has 1 aliphatic heterocycles. The zero-order valence-electron chi connectivity index (χ0n) is 5.80. The van der Waals surface area contributed by atoms with Crippen LogP contribution in [0, 0.1) is 0 Å². The average molecular weight is 215 g/mol. The Labute approximate surface area is 73.4 Å². The lowest BCUT2D eigenvalue weighted by atomic mass is 10.7. The third-order valence-corrected chi connectivity index (χ3v) is 7.42. The van der Waals surface area contributed by atoms with Gasteiger partial charge in [0.1, 0.15) is 6.73 Å². The van der Waals surface area contributed by atoms with Crippen LogP contribution in [0.5, 0.6) is 0 Å². The smallest absolute Gasteiger partial charge is 0.287 e. The van der Waals surface area contributed by atoms with Crippen molar-refractivity contribution in [2.75, 3.05) is 19.9 Å². The highest BCUT2D eigenvalue weighted by Crippen LogP contribution is 2.67. The topological polar surface area (TPSA) is 81.6 Å². The first-order valence-corrected chi connectivity index (χ1v) is 7.56. The van der Waals surface area contributed by atoms with Crippen LogP contribution in [-0.2, 0) is 9.30 Å². The maximum atomic E-state index is 11.7. The quantitative estimate of drug-likeness (QED) is 0.527. The summed E-state index contributed by atoms with van der Waals surface area (Å²) in [5, 5.41) is 10.5. The van der Waals surface area contributed by atoms with Gasteiger partial charge in [0.15, 0.2) is 0 Å². The van der Waals surface area contributed by atoms with Crippen LogP contribution in [0.4, 0.5) is 0 Å². The van der Waals surface area contributed by atoms with E-state index in [0.29, 0.717) is 19.9 Å². The van der Waals surface area contributed by atoms with Crippen molar-refractivity contribution in [1.82, 2.24) is 4.67 Å². The predicted octanol–water partition coefficient (Wildman–Crippen LogP) is 0.598. The van der Waals surface area contributed by atoms with E-state index >= 15 is 0 Å². The lowest BCUT2D eigenvalue weighted by Crippen LogP contribution is -2.14. The lowest BCUT2D eigenvalue weighted by molar-refractivity contribution is 0.173. The Bertz CT molecular complexity index is 166.